The Labute approximate surface area is 154 Å². The number of aliphatic hydroxyl groups is 1. The van der Waals surface area contributed by atoms with Gasteiger partial charge in [-0.1, -0.05) is 38.1 Å². The Morgan fingerprint density at radius 2 is 1.92 bits per heavy atom. The zero-order valence-electron chi connectivity index (χ0n) is 15.6. The highest BCUT2D eigenvalue weighted by Gasteiger charge is 2.19. The lowest BCUT2D eigenvalue weighted by molar-refractivity contribution is -0.127. The zero-order chi connectivity index (χ0) is 19.3. The van der Waals surface area contributed by atoms with E-state index in [-0.39, 0.29) is 18.4 Å². The van der Waals surface area contributed by atoms with Crippen LogP contribution in [0.3, 0.4) is 0 Å². The first-order chi connectivity index (χ1) is 12.3. The molecule has 0 aliphatic rings. The zero-order valence-corrected chi connectivity index (χ0v) is 15.6. The van der Waals surface area contributed by atoms with Gasteiger partial charge in [-0.3, -0.25) is 4.79 Å². The van der Waals surface area contributed by atoms with E-state index in [0.29, 0.717) is 11.3 Å². The predicted molar refractivity (Wildman–Crippen MR) is 99.7 cm³/mol. The van der Waals surface area contributed by atoms with Crippen LogP contribution >= 0.6 is 0 Å². The number of ether oxygens (including phenoxy) is 1. The van der Waals surface area contributed by atoms with Crippen LogP contribution in [0.25, 0.3) is 0 Å². The van der Waals surface area contributed by atoms with Crippen molar-refractivity contribution in [2.45, 2.75) is 45.8 Å². The second kappa shape index (κ2) is 8.81. The molecule has 2 N–H and O–H groups in total. The third kappa shape index (κ3) is 5.30. The van der Waals surface area contributed by atoms with Gasteiger partial charge in [-0.25, -0.2) is 4.39 Å². The molecule has 0 aliphatic heterocycles. The van der Waals surface area contributed by atoms with Crippen molar-refractivity contribution < 1.29 is 19.0 Å². The van der Waals surface area contributed by atoms with E-state index < -0.39 is 18.0 Å². The highest BCUT2D eigenvalue weighted by molar-refractivity contribution is 5.80. The van der Waals surface area contributed by atoms with Crippen LogP contribution in [-0.2, 0) is 4.79 Å². The van der Waals surface area contributed by atoms with Gasteiger partial charge in [-0.2, -0.15) is 0 Å². The molecular formula is C21H26FNO3. The SMILES string of the molecule is Cc1ccc(C(C)C)c(OC(C)C(=O)NCC(O)c2cccc(F)c2)c1. The van der Waals surface area contributed by atoms with Crippen molar-refractivity contribution >= 4 is 5.91 Å². The van der Waals surface area contributed by atoms with Crippen molar-refractivity contribution in [2.75, 3.05) is 6.54 Å². The number of aryl methyl sites for hydroxylation is 1. The van der Waals surface area contributed by atoms with Crippen LogP contribution in [0.5, 0.6) is 5.75 Å². The largest absolute Gasteiger partial charge is 0.481 e. The molecule has 0 heterocycles. The first-order valence-electron chi connectivity index (χ1n) is 8.76. The molecule has 0 aliphatic carbocycles. The number of carbonyl (C=O) groups excluding carboxylic acids is 1. The summed E-state index contributed by atoms with van der Waals surface area (Å²) >= 11 is 0. The molecule has 2 atom stereocenters. The van der Waals surface area contributed by atoms with Gasteiger partial charge < -0.3 is 15.2 Å². The molecule has 0 spiro atoms. The van der Waals surface area contributed by atoms with E-state index in [9.17, 15) is 14.3 Å². The third-order valence-electron chi connectivity index (χ3n) is 4.17. The van der Waals surface area contributed by atoms with Gasteiger partial charge in [0.1, 0.15) is 11.6 Å². The summed E-state index contributed by atoms with van der Waals surface area (Å²) in [6.45, 7) is 7.75. The van der Waals surface area contributed by atoms with Gasteiger partial charge >= 0.3 is 0 Å². The van der Waals surface area contributed by atoms with Crippen LogP contribution in [0.2, 0.25) is 0 Å². The lowest BCUT2D eigenvalue weighted by atomic mass is 10.0. The molecular weight excluding hydrogens is 333 g/mol. The minimum absolute atomic E-state index is 0.0131. The van der Waals surface area contributed by atoms with Gasteiger partial charge in [-0.15, -0.1) is 0 Å². The maximum absolute atomic E-state index is 13.2. The molecule has 2 rings (SSSR count). The molecule has 0 bridgehead atoms. The highest BCUT2D eigenvalue weighted by Crippen LogP contribution is 2.28. The summed E-state index contributed by atoms with van der Waals surface area (Å²) in [5.41, 5.74) is 2.51. The van der Waals surface area contributed by atoms with Gasteiger partial charge in [0, 0.05) is 6.54 Å². The molecule has 26 heavy (non-hydrogen) atoms. The summed E-state index contributed by atoms with van der Waals surface area (Å²) in [5.74, 6) is 0.200. The molecule has 0 saturated carbocycles. The number of hydrogen-bond donors (Lipinski definition) is 2. The van der Waals surface area contributed by atoms with Gasteiger partial charge in [0.2, 0.25) is 0 Å². The first kappa shape index (κ1) is 19.9. The van der Waals surface area contributed by atoms with Crippen molar-refractivity contribution in [3.63, 3.8) is 0 Å². The monoisotopic (exact) mass is 359 g/mol. The fourth-order valence-electron chi connectivity index (χ4n) is 2.64. The van der Waals surface area contributed by atoms with Crippen molar-refractivity contribution in [1.29, 1.82) is 0 Å². The van der Waals surface area contributed by atoms with E-state index >= 15 is 0 Å². The van der Waals surface area contributed by atoms with Crippen molar-refractivity contribution in [2.24, 2.45) is 0 Å². The van der Waals surface area contributed by atoms with Crippen LogP contribution in [0.4, 0.5) is 4.39 Å². The summed E-state index contributed by atoms with van der Waals surface area (Å²) in [7, 11) is 0. The quantitative estimate of drug-likeness (QED) is 0.789. The van der Waals surface area contributed by atoms with Crippen LogP contribution in [0.15, 0.2) is 42.5 Å². The molecule has 4 nitrogen and oxygen atoms in total. The smallest absolute Gasteiger partial charge is 0.260 e. The Hall–Kier alpha value is -2.40. The second-order valence-corrected chi connectivity index (χ2v) is 6.77. The van der Waals surface area contributed by atoms with E-state index in [0.717, 1.165) is 11.1 Å². The number of amides is 1. The first-order valence-corrected chi connectivity index (χ1v) is 8.76. The van der Waals surface area contributed by atoms with Crippen molar-refractivity contribution in [3.05, 3.63) is 65.0 Å². The molecule has 0 saturated heterocycles. The van der Waals surface area contributed by atoms with Crippen molar-refractivity contribution in [3.8, 4) is 5.75 Å². The summed E-state index contributed by atoms with van der Waals surface area (Å²) in [4.78, 5) is 12.3. The molecule has 140 valence electrons. The van der Waals surface area contributed by atoms with Crippen LogP contribution in [-0.4, -0.2) is 23.7 Å². The van der Waals surface area contributed by atoms with Crippen LogP contribution < -0.4 is 10.1 Å². The van der Waals surface area contributed by atoms with E-state index in [1.807, 2.05) is 25.1 Å². The van der Waals surface area contributed by atoms with E-state index in [1.165, 1.54) is 18.2 Å². The summed E-state index contributed by atoms with van der Waals surface area (Å²) < 4.78 is 19.1. The Balaban J connectivity index is 1.97. The summed E-state index contributed by atoms with van der Waals surface area (Å²) in [5, 5.41) is 12.7. The molecule has 5 heteroatoms. The maximum atomic E-state index is 13.2. The Morgan fingerprint density at radius 3 is 2.58 bits per heavy atom. The van der Waals surface area contributed by atoms with E-state index in [1.54, 1.807) is 13.0 Å². The van der Waals surface area contributed by atoms with Crippen molar-refractivity contribution in [1.82, 2.24) is 5.32 Å². The summed E-state index contributed by atoms with van der Waals surface area (Å²) in [6, 6.07) is 11.6. The fraction of sp³-hybridized carbons (Fsp3) is 0.381. The minimum atomic E-state index is -0.980. The molecule has 0 radical (unpaired) electrons. The predicted octanol–water partition coefficient (Wildman–Crippen LogP) is 3.87. The minimum Gasteiger partial charge on any atom is -0.481 e. The molecule has 2 aromatic rings. The number of carbonyl (C=O) groups is 1. The Bertz CT molecular complexity index is 761. The van der Waals surface area contributed by atoms with Crippen LogP contribution in [0, 0.1) is 12.7 Å². The molecule has 0 aromatic heterocycles. The van der Waals surface area contributed by atoms with Gasteiger partial charge in [0.25, 0.3) is 5.91 Å². The fourth-order valence-corrected chi connectivity index (χ4v) is 2.64. The maximum Gasteiger partial charge on any atom is 0.260 e. The standard InChI is InChI=1S/C21H26FNO3/c1-13(2)18-9-8-14(3)10-20(18)26-15(4)21(25)23-12-19(24)16-6-5-7-17(22)11-16/h5-11,13,15,19,24H,12H2,1-4H3,(H,23,25). The lowest BCUT2D eigenvalue weighted by Crippen LogP contribution is -2.38. The molecule has 0 fully saturated rings. The second-order valence-electron chi connectivity index (χ2n) is 6.77. The average molecular weight is 359 g/mol. The molecule has 2 unspecified atom stereocenters. The third-order valence-corrected chi connectivity index (χ3v) is 4.17. The number of benzene rings is 2. The Kier molecular flexibility index (Phi) is 6.75. The van der Waals surface area contributed by atoms with Gasteiger partial charge in [0.15, 0.2) is 6.10 Å². The van der Waals surface area contributed by atoms with E-state index in [4.69, 9.17) is 4.74 Å². The van der Waals surface area contributed by atoms with E-state index in [2.05, 4.69) is 19.2 Å². The Morgan fingerprint density at radius 1 is 1.19 bits per heavy atom. The number of rotatable bonds is 7. The number of nitrogens with one attached hydrogen (secondary N) is 1. The molecule has 2 aromatic carbocycles. The summed E-state index contributed by atoms with van der Waals surface area (Å²) in [6.07, 6.45) is -1.69. The lowest BCUT2D eigenvalue weighted by Gasteiger charge is -2.20. The van der Waals surface area contributed by atoms with Crippen LogP contribution in [0.1, 0.15) is 49.5 Å². The molecule has 1 amide bonds. The van der Waals surface area contributed by atoms with Gasteiger partial charge in [0.05, 0.1) is 6.10 Å². The number of halogens is 1. The normalized spacial score (nSPS) is 13.3. The van der Waals surface area contributed by atoms with Gasteiger partial charge in [-0.05, 0) is 54.7 Å². The topological polar surface area (TPSA) is 58.6 Å². The number of aliphatic hydroxyl groups excluding tert-OH is 1. The number of hydrogen-bond acceptors (Lipinski definition) is 3. The average Bonchev–Trinajstić information content (AvgIpc) is 2.59. The highest BCUT2D eigenvalue weighted by atomic mass is 19.1.